The molecule has 2 N–H and O–H groups in total. The van der Waals surface area contributed by atoms with Crippen molar-refractivity contribution in [3.63, 3.8) is 0 Å². The van der Waals surface area contributed by atoms with E-state index < -0.39 is 11.2 Å². The summed E-state index contributed by atoms with van der Waals surface area (Å²) in [5.74, 6) is 0. The van der Waals surface area contributed by atoms with Crippen LogP contribution < -0.4 is 0 Å². The van der Waals surface area contributed by atoms with E-state index >= 15 is 0 Å². The maximum Gasteiger partial charge on any atom is 0.120 e. The Hall–Kier alpha value is -0.900. The fraction of sp³-hybridized carbons (Fsp3) is 0.538. The molecule has 2 rings (SSSR count). The van der Waals surface area contributed by atoms with Crippen molar-refractivity contribution in [2.24, 2.45) is 0 Å². The molecular weight excluding hydrogens is 202 g/mol. The lowest BCUT2D eigenvalue weighted by atomic mass is 9.73. The van der Waals surface area contributed by atoms with Crippen molar-refractivity contribution in [2.75, 3.05) is 20.1 Å². The molecule has 1 aromatic rings. The van der Waals surface area contributed by atoms with Crippen LogP contribution in [0.2, 0.25) is 0 Å². The Morgan fingerprint density at radius 3 is 2.38 bits per heavy atom. The molecule has 16 heavy (non-hydrogen) atoms. The summed E-state index contributed by atoms with van der Waals surface area (Å²) in [5.41, 5.74) is -1.45. The van der Waals surface area contributed by atoms with Gasteiger partial charge in [-0.15, -0.1) is 0 Å². The van der Waals surface area contributed by atoms with Gasteiger partial charge in [-0.25, -0.2) is 0 Å². The highest BCUT2D eigenvalue weighted by Gasteiger charge is 2.49. The van der Waals surface area contributed by atoms with E-state index in [0.29, 0.717) is 13.0 Å². The fourth-order valence-electron chi connectivity index (χ4n) is 2.53. The van der Waals surface area contributed by atoms with Gasteiger partial charge in [-0.3, -0.25) is 0 Å². The Balaban J connectivity index is 2.37. The predicted molar refractivity (Wildman–Crippen MR) is 63.1 cm³/mol. The Kier molecular flexibility index (Phi) is 2.78. The van der Waals surface area contributed by atoms with Crippen molar-refractivity contribution in [1.29, 1.82) is 0 Å². The van der Waals surface area contributed by atoms with E-state index in [-0.39, 0.29) is 0 Å². The van der Waals surface area contributed by atoms with E-state index in [2.05, 4.69) is 0 Å². The van der Waals surface area contributed by atoms with Gasteiger partial charge < -0.3 is 15.1 Å². The SMILES string of the molecule is CN1CCC(O)(c2ccccc2)C(C)(O)C1. The number of hydrogen-bond acceptors (Lipinski definition) is 3. The molecule has 1 heterocycles. The number of likely N-dealkylation sites (tertiary alicyclic amines) is 1. The van der Waals surface area contributed by atoms with Crippen molar-refractivity contribution >= 4 is 0 Å². The van der Waals surface area contributed by atoms with Gasteiger partial charge in [-0.05, 0) is 26.0 Å². The van der Waals surface area contributed by atoms with Crippen LogP contribution in [-0.4, -0.2) is 40.9 Å². The van der Waals surface area contributed by atoms with E-state index in [1.165, 1.54) is 0 Å². The van der Waals surface area contributed by atoms with Crippen LogP contribution in [0, 0.1) is 0 Å². The lowest BCUT2D eigenvalue weighted by molar-refractivity contribution is -0.183. The van der Waals surface area contributed by atoms with Crippen LogP contribution in [-0.2, 0) is 5.60 Å². The molecule has 1 aromatic carbocycles. The zero-order valence-corrected chi connectivity index (χ0v) is 9.85. The van der Waals surface area contributed by atoms with Gasteiger partial charge in [0, 0.05) is 13.1 Å². The molecule has 0 spiro atoms. The monoisotopic (exact) mass is 221 g/mol. The standard InChI is InChI=1S/C13H19NO2/c1-12(15)10-14(2)9-8-13(12,16)11-6-4-3-5-7-11/h3-7,15-16H,8-10H2,1-2H3. The number of hydrogen-bond donors (Lipinski definition) is 2. The highest BCUT2D eigenvalue weighted by Crippen LogP contribution is 2.39. The van der Waals surface area contributed by atoms with Gasteiger partial charge in [0.15, 0.2) is 0 Å². The topological polar surface area (TPSA) is 43.7 Å². The lowest BCUT2D eigenvalue weighted by Gasteiger charge is -2.48. The van der Waals surface area contributed by atoms with Gasteiger partial charge in [0.1, 0.15) is 11.2 Å². The number of nitrogens with zero attached hydrogens (tertiary/aromatic N) is 1. The van der Waals surface area contributed by atoms with Crippen molar-refractivity contribution in [3.05, 3.63) is 35.9 Å². The Bertz CT molecular complexity index is 363. The van der Waals surface area contributed by atoms with Crippen LogP contribution >= 0.6 is 0 Å². The third-order valence-corrected chi connectivity index (χ3v) is 3.58. The van der Waals surface area contributed by atoms with E-state index in [4.69, 9.17) is 0 Å². The minimum Gasteiger partial charge on any atom is -0.385 e. The molecule has 3 nitrogen and oxygen atoms in total. The fourth-order valence-corrected chi connectivity index (χ4v) is 2.53. The summed E-state index contributed by atoms with van der Waals surface area (Å²) in [6, 6.07) is 9.44. The van der Waals surface area contributed by atoms with Crippen LogP contribution in [0.5, 0.6) is 0 Å². The lowest BCUT2D eigenvalue weighted by Crippen LogP contribution is -2.60. The first-order valence-electron chi connectivity index (χ1n) is 5.64. The van der Waals surface area contributed by atoms with Crippen molar-refractivity contribution in [2.45, 2.75) is 24.5 Å². The van der Waals surface area contributed by atoms with Gasteiger partial charge in [0.05, 0.1) is 0 Å². The molecule has 0 amide bonds. The second-order valence-electron chi connectivity index (χ2n) is 4.99. The normalized spacial score (nSPS) is 36.2. The first-order valence-corrected chi connectivity index (χ1v) is 5.64. The summed E-state index contributed by atoms with van der Waals surface area (Å²) in [6.07, 6.45) is 0.556. The van der Waals surface area contributed by atoms with Gasteiger partial charge in [-0.1, -0.05) is 30.3 Å². The van der Waals surface area contributed by atoms with Gasteiger partial charge in [0.25, 0.3) is 0 Å². The van der Waals surface area contributed by atoms with Crippen molar-refractivity contribution in [3.8, 4) is 0 Å². The van der Waals surface area contributed by atoms with E-state index in [9.17, 15) is 10.2 Å². The maximum absolute atomic E-state index is 10.7. The molecule has 88 valence electrons. The minimum atomic E-state index is -1.14. The van der Waals surface area contributed by atoms with Crippen LogP contribution in [0.4, 0.5) is 0 Å². The molecule has 1 fully saturated rings. The summed E-state index contributed by atoms with van der Waals surface area (Å²) < 4.78 is 0. The number of benzene rings is 1. The smallest absolute Gasteiger partial charge is 0.120 e. The molecule has 2 atom stereocenters. The van der Waals surface area contributed by atoms with Crippen molar-refractivity contribution in [1.82, 2.24) is 4.90 Å². The summed E-state index contributed by atoms with van der Waals surface area (Å²) in [6.45, 7) is 2.98. The van der Waals surface area contributed by atoms with Crippen LogP contribution in [0.15, 0.2) is 30.3 Å². The molecule has 0 saturated carbocycles. The molecule has 3 heteroatoms. The average molecular weight is 221 g/mol. The molecule has 1 aliphatic heterocycles. The number of rotatable bonds is 1. The second-order valence-corrected chi connectivity index (χ2v) is 4.99. The van der Waals surface area contributed by atoms with Gasteiger partial charge >= 0.3 is 0 Å². The first kappa shape index (κ1) is 11.6. The Labute approximate surface area is 96.3 Å². The van der Waals surface area contributed by atoms with E-state index in [1.54, 1.807) is 6.92 Å². The molecule has 0 bridgehead atoms. The molecular formula is C13H19NO2. The minimum absolute atomic E-state index is 0.485. The molecule has 2 unspecified atom stereocenters. The number of likely N-dealkylation sites (N-methyl/N-ethyl adjacent to an activating group) is 1. The van der Waals surface area contributed by atoms with Gasteiger partial charge in [-0.2, -0.15) is 0 Å². The Morgan fingerprint density at radius 2 is 1.81 bits per heavy atom. The van der Waals surface area contributed by atoms with Crippen molar-refractivity contribution < 1.29 is 10.2 Å². The largest absolute Gasteiger partial charge is 0.385 e. The maximum atomic E-state index is 10.7. The highest BCUT2D eigenvalue weighted by atomic mass is 16.4. The van der Waals surface area contributed by atoms with E-state index in [1.807, 2.05) is 42.3 Å². The van der Waals surface area contributed by atoms with Gasteiger partial charge in [0.2, 0.25) is 0 Å². The average Bonchev–Trinajstić information content (AvgIpc) is 2.25. The van der Waals surface area contributed by atoms with Crippen LogP contribution in [0.25, 0.3) is 0 Å². The third-order valence-electron chi connectivity index (χ3n) is 3.58. The molecule has 1 aliphatic rings. The van der Waals surface area contributed by atoms with Crippen LogP contribution in [0.3, 0.4) is 0 Å². The zero-order valence-electron chi connectivity index (χ0n) is 9.85. The van der Waals surface area contributed by atoms with Crippen LogP contribution in [0.1, 0.15) is 18.9 Å². The molecule has 1 saturated heterocycles. The summed E-state index contributed by atoms with van der Waals surface area (Å²) in [7, 11) is 1.96. The molecule has 0 aliphatic carbocycles. The third kappa shape index (κ3) is 1.75. The number of aliphatic hydroxyl groups is 2. The van der Waals surface area contributed by atoms with E-state index in [0.717, 1.165) is 12.1 Å². The Morgan fingerprint density at radius 1 is 1.19 bits per heavy atom. The molecule has 0 radical (unpaired) electrons. The summed E-state index contributed by atoms with van der Waals surface area (Å²) >= 11 is 0. The quantitative estimate of drug-likeness (QED) is 0.742. The summed E-state index contributed by atoms with van der Waals surface area (Å²) in [5, 5.41) is 21.1. The highest BCUT2D eigenvalue weighted by molar-refractivity contribution is 5.27. The first-order chi connectivity index (χ1) is 7.46. The number of β-amino-alcohol motifs (C(OH)–C–C–N with tert-alkyl or cyclic N) is 1. The second kappa shape index (κ2) is 3.84. The number of piperidine rings is 1. The zero-order chi connectivity index (χ0) is 11.8. The predicted octanol–water partition coefficient (Wildman–Crippen LogP) is 0.961. The summed E-state index contributed by atoms with van der Waals surface area (Å²) in [4.78, 5) is 2.04. The molecule has 0 aromatic heterocycles.